The highest BCUT2D eigenvalue weighted by Crippen LogP contribution is 2.35. The molecule has 3 heterocycles. The van der Waals surface area contributed by atoms with Gasteiger partial charge in [0.25, 0.3) is 0 Å². The van der Waals surface area contributed by atoms with Crippen molar-refractivity contribution < 1.29 is 9.53 Å². The number of hydrogen-bond donors (Lipinski definition) is 1. The molecule has 1 saturated heterocycles. The van der Waals surface area contributed by atoms with E-state index in [2.05, 4.69) is 9.97 Å². The Morgan fingerprint density at radius 2 is 2.37 bits per heavy atom. The van der Waals surface area contributed by atoms with E-state index in [-0.39, 0.29) is 23.5 Å². The van der Waals surface area contributed by atoms with Gasteiger partial charge in [0.15, 0.2) is 0 Å². The van der Waals surface area contributed by atoms with Crippen LogP contribution in [-0.2, 0) is 9.53 Å². The van der Waals surface area contributed by atoms with Crippen LogP contribution in [0.1, 0.15) is 19.6 Å². The van der Waals surface area contributed by atoms with Gasteiger partial charge in [-0.2, -0.15) is 4.98 Å². The Kier molecular flexibility index (Phi) is 2.91. The lowest BCUT2D eigenvalue weighted by Gasteiger charge is -2.13. The first-order chi connectivity index (χ1) is 9.10. The first kappa shape index (κ1) is 12.4. The average Bonchev–Trinajstić information content (AvgIpc) is 2.92. The van der Waals surface area contributed by atoms with Crippen LogP contribution in [0.3, 0.4) is 0 Å². The molecule has 1 aliphatic heterocycles. The molecule has 0 aliphatic carbocycles. The van der Waals surface area contributed by atoms with Gasteiger partial charge in [0, 0.05) is 6.20 Å². The summed E-state index contributed by atoms with van der Waals surface area (Å²) in [6.45, 7) is 1.99. The van der Waals surface area contributed by atoms with Gasteiger partial charge in [-0.15, -0.1) is 0 Å². The molecule has 0 radical (unpaired) electrons. The van der Waals surface area contributed by atoms with Crippen LogP contribution in [0.25, 0.3) is 11.0 Å². The number of carbonyl (C=O) groups is 1. The highest BCUT2D eigenvalue weighted by molar-refractivity contribution is 6.28. The Morgan fingerprint density at radius 3 is 3.05 bits per heavy atom. The Labute approximate surface area is 114 Å². The summed E-state index contributed by atoms with van der Waals surface area (Å²) in [5.41, 5.74) is 6.43. The molecule has 6 nitrogen and oxygen atoms in total. The van der Waals surface area contributed by atoms with E-state index in [9.17, 15) is 4.79 Å². The van der Waals surface area contributed by atoms with Crippen molar-refractivity contribution in [3.8, 4) is 0 Å². The van der Waals surface area contributed by atoms with Gasteiger partial charge in [-0.1, -0.05) is 6.92 Å². The number of anilines is 1. The van der Waals surface area contributed by atoms with E-state index in [0.29, 0.717) is 11.5 Å². The van der Waals surface area contributed by atoms with Crippen molar-refractivity contribution in [3.05, 3.63) is 17.5 Å². The molecular formula is C12H13ClN4O2. The first-order valence-electron chi connectivity index (χ1n) is 6.00. The molecule has 0 amide bonds. The number of hydrogen-bond acceptors (Lipinski definition) is 5. The number of fused-ring (bicyclic) bond motifs is 1. The molecule has 7 heteroatoms. The van der Waals surface area contributed by atoms with Crippen LogP contribution in [0, 0.1) is 5.92 Å². The molecule has 0 bridgehead atoms. The molecule has 3 atom stereocenters. The summed E-state index contributed by atoms with van der Waals surface area (Å²) in [5, 5.41) is 0.832. The summed E-state index contributed by atoms with van der Waals surface area (Å²) < 4.78 is 7.55. The van der Waals surface area contributed by atoms with Crippen molar-refractivity contribution >= 4 is 34.7 Å². The standard InChI is InChI=1S/C12H13ClN4O2/c1-6-4-9(19-8(6)5-18)17-3-2-7-10(14)15-12(13)16-11(7)17/h2-3,5-6,8-9H,4H2,1H3,(H2,14,15,16)/t6-,8+,9+/m0/s1. The van der Waals surface area contributed by atoms with Crippen LogP contribution in [0.5, 0.6) is 0 Å². The third-order valence-corrected chi connectivity index (χ3v) is 3.64. The molecule has 0 aromatic carbocycles. The molecule has 2 aromatic heterocycles. The van der Waals surface area contributed by atoms with E-state index in [1.807, 2.05) is 23.8 Å². The number of halogens is 1. The fourth-order valence-electron chi connectivity index (χ4n) is 2.43. The number of nitrogens with zero attached hydrogens (tertiary/aromatic N) is 3. The number of carbonyl (C=O) groups excluding carboxylic acids is 1. The summed E-state index contributed by atoms with van der Waals surface area (Å²) in [6.07, 6.45) is 2.81. The number of nitrogen functional groups attached to an aromatic ring is 1. The monoisotopic (exact) mass is 280 g/mol. The number of aromatic nitrogens is 3. The molecule has 0 spiro atoms. The Hall–Kier alpha value is -1.66. The molecule has 3 rings (SSSR count). The molecule has 1 fully saturated rings. The quantitative estimate of drug-likeness (QED) is 0.670. The Balaban J connectivity index is 2.05. The summed E-state index contributed by atoms with van der Waals surface area (Å²) in [4.78, 5) is 19.0. The predicted octanol–water partition coefficient (Wildman–Crippen LogP) is 1.79. The minimum absolute atomic E-state index is 0.0999. The predicted molar refractivity (Wildman–Crippen MR) is 70.7 cm³/mol. The SMILES string of the molecule is C[C@H]1C[C@H](n2ccc3c(N)nc(Cl)nc32)O[C@@H]1C=O. The minimum Gasteiger partial charge on any atom is -0.383 e. The zero-order valence-corrected chi connectivity index (χ0v) is 11.0. The number of ether oxygens (including phenoxy) is 1. The van der Waals surface area contributed by atoms with Gasteiger partial charge in [0.1, 0.15) is 30.1 Å². The maximum atomic E-state index is 10.9. The molecule has 19 heavy (non-hydrogen) atoms. The second-order valence-corrected chi connectivity index (χ2v) is 5.08. The summed E-state index contributed by atoms with van der Waals surface area (Å²) in [6, 6.07) is 1.82. The molecule has 2 N–H and O–H groups in total. The summed E-state index contributed by atoms with van der Waals surface area (Å²) in [7, 11) is 0. The highest BCUT2D eigenvalue weighted by Gasteiger charge is 2.33. The smallest absolute Gasteiger partial charge is 0.226 e. The van der Waals surface area contributed by atoms with E-state index < -0.39 is 0 Å². The second kappa shape index (κ2) is 4.47. The van der Waals surface area contributed by atoms with Gasteiger partial charge in [-0.05, 0) is 30.0 Å². The topological polar surface area (TPSA) is 83.0 Å². The van der Waals surface area contributed by atoms with Gasteiger partial charge in [0.05, 0.1) is 5.39 Å². The van der Waals surface area contributed by atoms with Crippen molar-refractivity contribution in [2.75, 3.05) is 5.73 Å². The van der Waals surface area contributed by atoms with Crippen molar-refractivity contribution in [2.24, 2.45) is 5.92 Å². The van der Waals surface area contributed by atoms with Crippen molar-refractivity contribution in [1.29, 1.82) is 0 Å². The zero-order chi connectivity index (χ0) is 13.6. The van der Waals surface area contributed by atoms with Crippen LogP contribution in [0.4, 0.5) is 5.82 Å². The van der Waals surface area contributed by atoms with E-state index in [4.69, 9.17) is 22.1 Å². The number of rotatable bonds is 2. The zero-order valence-electron chi connectivity index (χ0n) is 10.3. The number of aldehydes is 1. The maximum Gasteiger partial charge on any atom is 0.226 e. The fourth-order valence-corrected chi connectivity index (χ4v) is 2.60. The minimum atomic E-state index is -0.378. The molecule has 1 aliphatic rings. The van der Waals surface area contributed by atoms with Crippen LogP contribution in [0.15, 0.2) is 12.3 Å². The van der Waals surface area contributed by atoms with Gasteiger partial charge in [0.2, 0.25) is 5.28 Å². The molecule has 100 valence electrons. The summed E-state index contributed by atoms with van der Waals surface area (Å²) >= 11 is 5.83. The highest BCUT2D eigenvalue weighted by atomic mass is 35.5. The van der Waals surface area contributed by atoms with Crippen molar-refractivity contribution in [3.63, 3.8) is 0 Å². The van der Waals surface area contributed by atoms with E-state index >= 15 is 0 Å². The van der Waals surface area contributed by atoms with E-state index in [0.717, 1.165) is 18.1 Å². The fraction of sp³-hybridized carbons (Fsp3) is 0.417. The Bertz CT molecular complexity index is 642. The second-order valence-electron chi connectivity index (χ2n) is 4.74. The molecule has 0 saturated carbocycles. The molecular weight excluding hydrogens is 268 g/mol. The Morgan fingerprint density at radius 1 is 1.58 bits per heavy atom. The van der Waals surface area contributed by atoms with Crippen molar-refractivity contribution in [2.45, 2.75) is 25.7 Å². The third-order valence-electron chi connectivity index (χ3n) is 3.47. The summed E-state index contributed by atoms with van der Waals surface area (Å²) in [5.74, 6) is 0.515. The van der Waals surface area contributed by atoms with Crippen LogP contribution < -0.4 is 5.73 Å². The van der Waals surface area contributed by atoms with E-state index in [1.165, 1.54) is 0 Å². The van der Waals surface area contributed by atoms with E-state index in [1.54, 1.807) is 0 Å². The maximum absolute atomic E-state index is 10.9. The van der Waals surface area contributed by atoms with Gasteiger partial charge in [-0.3, -0.25) is 0 Å². The van der Waals surface area contributed by atoms with Crippen LogP contribution in [0.2, 0.25) is 5.28 Å². The normalized spacial score (nSPS) is 26.9. The van der Waals surface area contributed by atoms with Gasteiger partial charge < -0.3 is 19.8 Å². The van der Waals surface area contributed by atoms with Crippen molar-refractivity contribution in [1.82, 2.24) is 14.5 Å². The van der Waals surface area contributed by atoms with Gasteiger partial charge >= 0.3 is 0 Å². The lowest BCUT2D eigenvalue weighted by atomic mass is 10.0. The first-order valence-corrected chi connectivity index (χ1v) is 6.38. The van der Waals surface area contributed by atoms with Gasteiger partial charge in [-0.25, -0.2) is 4.98 Å². The average molecular weight is 281 g/mol. The largest absolute Gasteiger partial charge is 0.383 e. The lowest BCUT2D eigenvalue weighted by molar-refractivity contribution is -0.120. The van der Waals surface area contributed by atoms with Crippen LogP contribution >= 0.6 is 11.6 Å². The van der Waals surface area contributed by atoms with Crippen LogP contribution in [-0.4, -0.2) is 26.9 Å². The third kappa shape index (κ3) is 1.97. The number of nitrogens with two attached hydrogens (primary N) is 1. The molecule has 2 aromatic rings. The lowest BCUT2D eigenvalue weighted by Crippen LogP contribution is -2.15. The molecule has 0 unspecified atom stereocenters.